The first kappa shape index (κ1) is 21.9. The van der Waals surface area contributed by atoms with Crippen molar-refractivity contribution in [2.75, 3.05) is 27.3 Å². The number of fused-ring (bicyclic) bond motifs is 1. The molecule has 1 aliphatic rings. The van der Waals surface area contributed by atoms with Gasteiger partial charge in [0.05, 0.1) is 24.3 Å². The molecule has 0 fully saturated rings. The van der Waals surface area contributed by atoms with Crippen molar-refractivity contribution in [1.29, 1.82) is 0 Å². The lowest BCUT2D eigenvalue weighted by atomic mass is 10.2. The molecule has 0 saturated heterocycles. The Morgan fingerprint density at radius 2 is 1.90 bits per heavy atom. The molecule has 3 aromatic rings. The fourth-order valence-electron chi connectivity index (χ4n) is 3.22. The number of rotatable bonds is 6. The van der Waals surface area contributed by atoms with Gasteiger partial charge in [0.1, 0.15) is 5.82 Å². The zero-order chi connectivity index (χ0) is 22.0. The maximum atomic E-state index is 13.5. The second-order valence-corrected chi connectivity index (χ2v) is 8.89. The van der Waals surface area contributed by atoms with Gasteiger partial charge < -0.3 is 9.47 Å². The van der Waals surface area contributed by atoms with Crippen LogP contribution in [0.5, 0.6) is 11.5 Å². The maximum Gasteiger partial charge on any atom is 0.196 e. The zero-order valence-corrected chi connectivity index (χ0v) is 19.2. The van der Waals surface area contributed by atoms with Crippen LogP contribution in [-0.4, -0.2) is 47.0 Å². The molecule has 2 heterocycles. The molecule has 1 aliphatic heterocycles. The third-order valence-corrected chi connectivity index (χ3v) is 6.40. The molecular formula is C22H24ClFN4O2S. The Balaban J connectivity index is 1.64. The molecule has 6 nitrogen and oxygen atoms in total. The molecule has 0 N–H and O–H groups in total. The quantitative estimate of drug-likeness (QED) is 0.473. The molecule has 0 radical (unpaired) electrons. The summed E-state index contributed by atoms with van der Waals surface area (Å²) >= 11 is 7.97. The minimum Gasteiger partial charge on any atom is -0.489 e. The molecule has 4 rings (SSSR count). The highest BCUT2D eigenvalue weighted by molar-refractivity contribution is 7.98. The van der Waals surface area contributed by atoms with Gasteiger partial charge in [-0.3, -0.25) is 9.47 Å². The van der Waals surface area contributed by atoms with E-state index in [1.165, 1.54) is 23.9 Å². The van der Waals surface area contributed by atoms with Gasteiger partial charge in [-0.05, 0) is 63.0 Å². The van der Waals surface area contributed by atoms with Crippen LogP contribution in [0.1, 0.15) is 30.8 Å². The first-order valence-electron chi connectivity index (χ1n) is 10.0. The van der Waals surface area contributed by atoms with Crippen LogP contribution >= 0.6 is 23.4 Å². The summed E-state index contributed by atoms with van der Waals surface area (Å²) in [4.78, 5) is 2.06. The molecule has 9 heteroatoms. The Morgan fingerprint density at radius 1 is 1.16 bits per heavy atom. The minimum absolute atomic E-state index is 0.0272. The standard InChI is InChI=1S/C22H24ClFN4O2S/c1-14(27(2)3)21-25-26-22(28(21)17-7-5-16(24)6-8-17)31-13-15-11-18(23)20-19(12-15)29-9-4-10-30-20/h5-8,11-12,14H,4,9-10,13H2,1-3H3. The van der Waals surface area contributed by atoms with Gasteiger partial charge in [-0.15, -0.1) is 10.2 Å². The molecule has 1 aromatic heterocycles. The lowest BCUT2D eigenvalue weighted by molar-refractivity contribution is 0.297. The molecule has 1 atom stereocenters. The first-order chi connectivity index (χ1) is 14.9. The summed E-state index contributed by atoms with van der Waals surface area (Å²) in [5.74, 6) is 2.39. The van der Waals surface area contributed by atoms with Gasteiger partial charge in [0.15, 0.2) is 22.5 Å². The number of nitrogens with zero attached hydrogens (tertiary/aromatic N) is 4. The van der Waals surface area contributed by atoms with E-state index >= 15 is 0 Å². The molecule has 0 saturated carbocycles. The summed E-state index contributed by atoms with van der Waals surface area (Å²) in [5, 5.41) is 10.1. The summed E-state index contributed by atoms with van der Waals surface area (Å²) in [6.45, 7) is 3.25. The smallest absolute Gasteiger partial charge is 0.196 e. The summed E-state index contributed by atoms with van der Waals surface area (Å²) < 4.78 is 27.0. The predicted octanol–water partition coefficient (Wildman–Crippen LogP) is 5.14. The van der Waals surface area contributed by atoms with Crippen LogP contribution in [-0.2, 0) is 5.75 Å². The number of hydrogen-bond donors (Lipinski definition) is 0. The van der Waals surface area contributed by atoms with Crippen LogP contribution in [0.2, 0.25) is 5.02 Å². The molecule has 0 aliphatic carbocycles. The Bertz CT molecular complexity index is 1060. The molecule has 1 unspecified atom stereocenters. The van der Waals surface area contributed by atoms with Gasteiger partial charge in [0.2, 0.25) is 0 Å². The maximum absolute atomic E-state index is 13.5. The van der Waals surface area contributed by atoms with E-state index in [2.05, 4.69) is 22.0 Å². The Morgan fingerprint density at radius 3 is 2.65 bits per heavy atom. The summed E-state index contributed by atoms with van der Waals surface area (Å²) in [7, 11) is 3.97. The van der Waals surface area contributed by atoms with Crippen molar-refractivity contribution in [2.24, 2.45) is 0 Å². The lowest BCUT2D eigenvalue weighted by Gasteiger charge is -2.20. The van der Waals surface area contributed by atoms with Crippen molar-refractivity contribution in [1.82, 2.24) is 19.7 Å². The van der Waals surface area contributed by atoms with Crippen molar-refractivity contribution in [3.05, 3.63) is 58.6 Å². The van der Waals surface area contributed by atoms with E-state index in [0.717, 1.165) is 28.7 Å². The van der Waals surface area contributed by atoms with Gasteiger partial charge in [-0.25, -0.2) is 4.39 Å². The van der Waals surface area contributed by atoms with E-state index in [9.17, 15) is 4.39 Å². The largest absolute Gasteiger partial charge is 0.489 e. The van der Waals surface area contributed by atoms with Crippen molar-refractivity contribution >= 4 is 23.4 Å². The van der Waals surface area contributed by atoms with E-state index < -0.39 is 0 Å². The van der Waals surface area contributed by atoms with Crippen LogP contribution in [0.15, 0.2) is 41.6 Å². The second kappa shape index (κ2) is 9.46. The van der Waals surface area contributed by atoms with Crippen LogP contribution in [0, 0.1) is 5.82 Å². The van der Waals surface area contributed by atoms with Crippen molar-refractivity contribution in [3.8, 4) is 17.2 Å². The van der Waals surface area contributed by atoms with Gasteiger partial charge in [-0.2, -0.15) is 0 Å². The highest BCUT2D eigenvalue weighted by atomic mass is 35.5. The Hall–Kier alpha value is -2.29. The number of hydrogen-bond acceptors (Lipinski definition) is 6. The SMILES string of the molecule is CC(c1nnc(SCc2cc(Cl)c3c(c2)OCCCO3)n1-c1ccc(F)cc1)N(C)C. The fraction of sp³-hybridized carbons (Fsp3) is 0.364. The normalized spacial score (nSPS) is 14.5. The first-order valence-corrected chi connectivity index (χ1v) is 11.4. The Labute approximate surface area is 190 Å². The van der Waals surface area contributed by atoms with Crippen LogP contribution in [0.4, 0.5) is 4.39 Å². The molecular weight excluding hydrogens is 439 g/mol. The molecule has 0 amide bonds. The van der Waals surface area contributed by atoms with Crippen LogP contribution in [0.3, 0.4) is 0 Å². The monoisotopic (exact) mass is 462 g/mol. The number of halogens is 2. The fourth-order valence-corrected chi connectivity index (χ4v) is 4.40. The Kier molecular flexibility index (Phi) is 6.69. The highest BCUT2D eigenvalue weighted by Gasteiger charge is 2.22. The zero-order valence-electron chi connectivity index (χ0n) is 17.6. The van der Waals surface area contributed by atoms with Crippen LogP contribution < -0.4 is 9.47 Å². The predicted molar refractivity (Wildman–Crippen MR) is 120 cm³/mol. The molecule has 2 aromatic carbocycles. The number of aromatic nitrogens is 3. The van der Waals surface area contributed by atoms with E-state index in [1.54, 1.807) is 12.1 Å². The van der Waals surface area contributed by atoms with Crippen molar-refractivity contribution < 1.29 is 13.9 Å². The summed E-state index contributed by atoms with van der Waals surface area (Å²) in [6, 6.07) is 10.2. The van der Waals surface area contributed by atoms with Gasteiger partial charge in [0, 0.05) is 17.9 Å². The van der Waals surface area contributed by atoms with E-state index in [4.69, 9.17) is 21.1 Å². The van der Waals surface area contributed by atoms with Gasteiger partial charge in [0.25, 0.3) is 0 Å². The van der Waals surface area contributed by atoms with Crippen LogP contribution in [0.25, 0.3) is 5.69 Å². The average molecular weight is 463 g/mol. The van der Waals surface area contributed by atoms with Crippen molar-refractivity contribution in [3.63, 3.8) is 0 Å². The minimum atomic E-state index is -0.282. The number of benzene rings is 2. The third kappa shape index (κ3) is 4.81. The molecule has 164 valence electrons. The third-order valence-electron chi connectivity index (χ3n) is 5.12. The van der Waals surface area contributed by atoms with Gasteiger partial charge in [-0.1, -0.05) is 23.4 Å². The number of thioether (sulfide) groups is 1. The molecule has 0 spiro atoms. The average Bonchev–Trinajstić information content (AvgIpc) is 3.01. The lowest BCUT2D eigenvalue weighted by Crippen LogP contribution is -2.20. The van der Waals surface area contributed by atoms with E-state index in [0.29, 0.717) is 35.5 Å². The molecule has 31 heavy (non-hydrogen) atoms. The topological polar surface area (TPSA) is 52.4 Å². The van der Waals surface area contributed by atoms with E-state index in [1.807, 2.05) is 30.8 Å². The second-order valence-electron chi connectivity index (χ2n) is 7.54. The summed E-state index contributed by atoms with van der Waals surface area (Å²) in [5.41, 5.74) is 1.81. The van der Waals surface area contributed by atoms with Gasteiger partial charge >= 0.3 is 0 Å². The van der Waals surface area contributed by atoms with E-state index in [-0.39, 0.29) is 11.9 Å². The van der Waals surface area contributed by atoms with Crippen molar-refractivity contribution in [2.45, 2.75) is 30.3 Å². The summed E-state index contributed by atoms with van der Waals surface area (Å²) in [6.07, 6.45) is 0.822. The molecule has 0 bridgehead atoms. The highest BCUT2D eigenvalue weighted by Crippen LogP contribution is 2.39. The number of ether oxygens (including phenoxy) is 2.